The average Bonchev–Trinajstić information content (AvgIpc) is 2.81. The molecule has 3 rings (SSSR count). The highest BCUT2D eigenvalue weighted by molar-refractivity contribution is 9.10. The Bertz CT molecular complexity index is 1230. The molecule has 0 aliphatic heterocycles. The van der Waals surface area contributed by atoms with Crippen LogP contribution in [0, 0.1) is 13.8 Å². The topological polar surface area (TPSA) is 89.0 Å². The van der Waals surface area contributed by atoms with Gasteiger partial charge in [0, 0.05) is 16.3 Å². The van der Waals surface area contributed by atoms with E-state index in [0.717, 1.165) is 16.8 Å². The van der Waals surface area contributed by atoms with E-state index in [-0.39, 0.29) is 18.4 Å². The van der Waals surface area contributed by atoms with Gasteiger partial charge in [-0.05, 0) is 88.9 Å². The number of benzene rings is 3. The van der Waals surface area contributed by atoms with Crippen molar-refractivity contribution >= 4 is 51.2 Å². The molecule has 0 bridgehead atoms. The molecule has 0 heterocycles. The van der Waals surface area contributed by atoms with E-state index in [1.165, 1.54) is 13.3 Å². The van der Waals surface area contributed by atoms with E-state index in [4.69, 9.17) is 21.1 Å². The highest BCUT2D eigenvalue weighted by atomic mass is 79.9. The third kappa shape index (κ3) is 6.59. The van der Waals surface area contributed by atoms with Crippen LogP contribution in [-0.2, 0) is 4.79 Å². The first-order valence-electron chi connectivity index (χ1n) is 10.2. The van der Waals surface area contributed by atoms with Crippen molar-refractivity contribution in [3.63, 3.8) is 0 Å². The van der Waals surface area contributed by atoms with Crippen LogP contribution < -0.4 is 20.2 Å². The van der Waals surface area contributed by atoms with Crippen molar-refractivity contribution in [2.24, 2.45) is 5.10 Å². The molecule has 3 aromatic carbocycles. The average molecular weight is 545 g/mol. The number of carbonyl (C=O) groups excluding carboxylic acids is 2. The smallest absolute Gasteiger partial charge is 0.271 e. The molecule has 3 aromatic rings. The van der Waals surface area contributed by atoms with Crippen LogP contribution in [0.3, 0.4) is 0 Å². The first kappa shape index (κ1) is 25.3. The summed E-state index contributed by atoms with van der Waals surface area (Å²) in [5.41, 5.74) is 6.37. The van der Waals surface area contributed by atoms with E-state index >= 15 is 0 Å². The van der Waals surface area contributed by atoms with Crippen LogP contribution in [-0.4, -0.2) is 31.7 Å². The second kappa shape index (κ2) is 11.7. The Kier molecular flexibility index (Phi) is 8.67. The number of nitrogens with zero attached hydrogens (tertiary/aromatic N) is 1. The molecule has 7 nitrogen and oxygen atoms in total. The lowest BCUT2D eigenvalue weighted by molar-refractivity contribution is -0.118. The first-order chi connectivity index (χ1) is 16.3. The molecule has 2 amide bonds. The van der Waals surface area contributed by atoms with E-state index in [1.807, 2.05) is 32.0 Å². The van der Waals surface area contributed by atoms with Crippen molar-refractivity contribution in [3.05, 3.63) is 86.3 Å². The van der Waals surface area contributed by atoms with Gasteiger partial charge in [-0.25, -0.2) is 5.43 Å². The summed E-state index contributed by atoms with van der Waals surface area (Å²) in [7, 11) is 1.49. The Morgan fingerprint density at radius 3 is 2.56 bits per heavy atom. The zero-order chi connectivity index (χ0) is 24.7. The summed E-state index contributed by atoms with van der Waals surface area (Å²) < 4.78 is 11.7. The van der Waals surface area contributed by atoms with Gasteiger partial charge < -0.3 is 14.8 Å². The van der Waals surface area contributed by atoms with E-state index in [0.29, 0.717) is 32.1 Å². The zero-order valence-corrected chi connectivity index (χ0v) is 21.2. The molecule has 0 aliphatic rings. The van der Waals surface area contributed by atoms with Crippen molar-refractivity contribution in [2.75, 3.05) is 19.0 Å². The molecule has 34 heavy (non-hydrogen) atoms. The maximum Gasteiger partial charge on any atom is 0.271 e. The van der Waals surface area contributed by atoms with Gasteiger partial charge >= 0.3 is 0 Å². The Hall–Kier alpha value is -3.36. The van der Waals surface area contributed by atoms with Crippen LogP contribution in [0.25, 0.3) is 0 Å². The lowest BCUT2D eigenvalue weighted by atomic mass is 10.1. The standard InChI is InChI=1S/C25H23BrClN3O4/c1-15-5-4-6-21(16(15)2)29-23(31)14-34-24-20(26)11-17(12-22(24)33-3)13-28-30-25(32)18-7-9-19(27)10-8-18/h4-13H,14H2,1-3H3,(H,29,31)(H,30,32)/b28-13+. The van der Waals surface area contributed by atoms with E-state index in [2.05, 4.69) is 31.8 Å². The molecular weight excluding hydrogens is 522 g/mol. The van der Waals surface area contributed by atoms with Crippen LogP contribution >= 0.6 is 27.5 Å². The van der Waals surface area contributed by atoms with Crippen LogP contribution in [0.2, 0.25) is 5.02 Å². The monoisotopic (exact) mass is 543 g/mol. The summed E-state index contributed by atoms with van der Waals surface area (Å²) in [6.45, 7) is 3.73. The first-order valence-corrected chi connectivity index (χ1v) is 11.4. The molecule has 9 heteroatoms. The summed E-state index contributed by atoms with van der Waals surface area (Å²) in [4.78, 5) is 24.6. The second-order valence-corrected chi connectivity index (χ2v) is 8.62. The lowest BCUT2D eigenvalue weighted by Gasteiger charge is -2.14. The van der Waals surface area contributed by atoms with Gasteiger partial charge in [-0.2, -0.15) is 5.10 Å². The molecule has 0 aromatic heterocycles. The van der Waals surface area contributed by atoms with Crippen molar-refractivity contribution in [2.45, 2.75) is 13.8 Å². The number of halogens is 2. The fourth-order valence-electron chi connectivity index (χ4n) is 3.00. The number of hydrogen-bond donors (Lipinski definition) is 2. The minimum atomic E-state index is -0.367. The number of methoxy groups -OCH3 is 1. The number of nitrogens with one attached hydrogen (secondary N) is 2. The normalized spacial score (nSPS) is 10.7. The van der Waals surface area contributed by atoms with Crippen LogP contribution in [0.5, 0.6) is 11.5 Å². The molecule has 176 valence electrons. The number of anilines is 1. The van der Waals surface area contributed by atoms with Gasteiger partial charge in [-0.15, -0.1) is 0 Å². The van der Waals surface area contributed by atoms with Crippen LogP contribution in [0.15, 0.2) is 64.2 Å². The summed E-state index contributed by atoms with van der Waals surface area (Å²) in [5, 5.41) is 7.38. The number of carbonyl (C=O) groups is 2. The second-order valence-electron chi connectivity index (χ2n) is 7.32. The predicted molar refractivity (Wildman–Crippen MR) is 137 cm³/mol. The van der Waals surface area contributed by atoms with E-state index in [9.17, 15) is 9.59 Å². The molecule has 0 fully saturated rings. The molecule has 0 aliphatic carbocycles. The highest BCUT2D eigenvalue weighted by Gasteiger charge is 2.14. The maximum atomic E-state index is 12.4. The van der Waals surface area contributed by atoms with Gasteiger partial charge in [0.15, 0.2) is 18.1 Å². The Morgan fingerprint density at radius 2 is 1.85 bits per heavy atom. The minimum Gasteiger partial charge on any atom is -0.493 e. The Balaban J connectivity index is 1.64. The maximum absolute atomic E-state index is 12.4. The predicted octanol–water partition coefficient (Wildman–Crippen LogP) is 5.51. The van der Waals surface area contributed by atoms with Crippen molar-refractivity contribution in [1.29, 1.82) is 0 Å². The van der Waals surface area contributed by atoms with Gasteiger partial charge in [-0.3, -0.25) is 9.59 Å². The van der Waals surface area contributed by atoms with E-state index in [1.54, 1.807) is 36.4 Å². The fraction of sp³-hybridized carbons (Fsp3) is 0.160. The SMILES string of the molecule is COc1cc(/C=N/NC(=O)c2ccc(Cl)cc2)cc(Br)c1OCC(=O)Nc1cccc(C)c1C. The van der Waals surface area contributed by atoms with Gasteiger partial charge in [-0.1, -0.05) is 23.7 Å². The highest BCUT2D eigenvalue weighted by Crippen LogP contribution is 2.36. The zero-order valence-electron chi connectivity index (χ0n) is 18.8. The third-order valence-electron chi connectivity index (χ3n) is 4.96. The number of rotatable bonds is 8. The van der Waals surface area contributed by atoms with Gasteiger partial charge in [0.1, 0.15) is 0 Å². The van der Waals surface area contributed by atoms with Gasteiger partial charge in [0.2, 0.25) is 0 Å². The number of amides is 2. The van der Waals surface area contributed by atoms with E-state index < -0.39 is 0 Å². The van der Waals surface area contributed by atoms with Gasteiger partial charge in [0.05, 0.1) is 17.8 Å². The molecule has 0 saturated heterocycles. The Morgan fingerprint density at radius 1 is 1.12 bits per heavy atom. The summed E-state index contributed by atoms with van der Waals surface area (Å²) in [6.07, 6.45) is 1.47. The number of aryl methyl sites for hydroxylation is 1. The Labute approximate surface area is 211 Å². The summed E-state index contributed by atoms with van der Waals surface area (Å²) in [5.74, 6) is 0.118. The number of hydrogen-bond acceptors (Lipinski definition) is 5. The summed E-state index contributed by atoms with van der Waals surface area (Å²) in [6, 6.07) is 15.6. The molecule has 0 atom stereocenters. The van der Waals surface area contributed by atoms with Crippen molar-refractivity contribution in [1.82, 2.24) is 5.43 Å². The molecule has 0 radical (unpaired) electrons. The quantitative estimate of drug-likeness (QED) is 0.289. The number of hydrazone groups is 1. The molecular formula is C25H23BrClN3O4. The molecule has 0 spiro atoms. The van der Waals surface area contributed by atoms with Crippen LogP contribution in [0.4, 0.5) is 5.69 Å². The van der Waals surface area contributed by atoms with Crippen LogP contribution in [0.1, 0.15) is 27.0 Å². The minimum absolute atomic E-state index is 0.201. The van der Waals surface area contributed by atoms with Crippen molar-refractivity contribution in [3.8, 4) is 11.5 Å². The largest absolute Gasteiger partial charge is 0.493 e. The molecule has 0 saturated carbocycles. The lowest BCUT2D eigenvalue weighted by Crippen LogP contribution is -2.21. The van der Waals surface area contributed by atoms with Gasteiger partial charge in [0.25, 0.3) is 11.8 Å². The summed E-state index contributed by atoms with van der Waals surface area (Å²) >= 11 is 9.28. The molecule has 2 N–H and O–H groups in total. The number of ether oxygens (including phenoxy) is 2. The third-order valence-corrected chi connectivity index (χ3v) is 5.81. The van der Waals surface area contributed by atoms with Crippen molar-refractivity contribution < 1.29 is 19.1 Å². The molecule has 0 unspecified atom stereocenters. The fourth-order valence-corrected chi connectivity index (χ4v) is 3.70.